The number of hydrogen-bond donors (Lipinski definition) is 2. The maximum Gasteiger partial charge on any atom is 0.191 e. The van der Waals surface area contributed by atoms with Crippen molar-refractivity contribution in [3.8, 4) is 0 Å². The highest BCUT2D eigenvalue weighted by Crippen LogP contribution is 2.17. The fourth-order valence-corrected chi connectivity index (χ4v) is 3.88. The Hall–Kier alpha value is -1.81. The van der Waals surface area contributed by atoms with Crippen LogP contribution in [0.25, 0.3) is 0 Å². The lowest BCUT2D eigenvalue weighted by molar-refractivity contribution is 0.117. The van der Waals surface area contributed by atoms with Gasteiger partial charge in [-0.3, -0.25) is 4.99 Å². The molecule has 2 fully saturated rings. The van der Waals surface area contributed by atoms with Gasteiger partial charge in [0.1, 0.15) is 11.6 Å². The molecule has 7 nitrogen and oxygen atoms in total. The van der Waals surface area contributed by atoms with Crippen molar-refractivity contribution in [3.05, 3.63) is 48.6 Å². The Labute approximate surface area is 195 Å². The number of furan rings is 1. The van der Waals surface area contributed by atoms with Crippen molar-refractivity contribution >= 4 is 35.8 Å². The van der Waals surface area contributed by atoms with Crippen LogP contribution < -0.4 is 15.5 Å². The van der Waals surface area contributed by atoms with Crippen molar-refractivity contribution in [2.24, 2.45) is 4.99 Å². The Bertz CT molecular complexity index is 742. The summed E-state index contributed by atoms with van der Waals surface area (Å²) in [5.74, 6) is 2.93. The van der Waals surface area contributed by atoms with Gasteiger partial charge in [0.05, 0.1) is 18.9 Å². The average Bonchev–Trinajstić information content (AvgIpc) is 3.47. The highest BCUT2D eigenvalue weighted by Gasteiger charge is 2.21. The number of piperidine rings is 1. The summed E-state index contributed by atoms with van der Waals surface area (Å²) in [6.07, 6.45) is 9.04. The summed E-state index contributed by atoms with van der Waals surface area (Å²) in [6.45, 7) is 4.36. The molecule has 4 heterocycles. The minimum atomic E-state index is 0. The maximum absolute atomic E-state index is 5.73. The number of pyridine rings is 1. The molecule has 4 rings (SSSR count). The predicted molar refractivity (Wildman–Crippen MR) is 130 cm³/mol. The first-order chi connectivity index (χ1) is 14.4. The molecule has 8 heteroatoms. The minimum absolute atomic E-state index is 0. The molecular weight excluding hydrogens is 493 g/mol. The summed E-state index contributed by atoms with van der Waals surface area (Å²) < 4.78 is 11.2. The fraction of sp³-hybridized carbons (Fsp3) is 0.545. The van der Waals surface area contributed by atoms with Gasteiger partial charge in [-0.1, -0.05) is 6.07 Å². The average molecular weight is 525 g/mol. The maximum atomic E-state index is 5.73. The largest absolute Gasteiger partial charge is 0.469 e. The van der Waals surface area contributed by atoms with Crippen LogP contribution in [0.4, 0.5) is 5.82 Å². The van der Waals surface area contributed by atoms with Crippen molar-refractivity contribution in [1.29, 1.82) is 0 Å². The summed E-state index contributed by atoms with van der Waals surface area (Å²) in [4.78, 5) is 11.6. The Kier molecular flexibility index (Phi) is 9.26. The number of guanidine groups is 1. The molecule has 164 valence electrons. The van der Waals surface area contributed by atoms with E-state index in [2.05, 4.69) is 26.6 Å². The zero-order valence-corrected chi connectivity index (χ0v) is 19.7. The fourth-order valence-electron chi connectivity index (χ4n) is 3.88. The Balaban J connectivity index is 0.00000256. The number of nitrogens with zero attached hydrogens (tertiary/aromatic N) is 3. The lowest BCUT2D eigenvalue weighted by Gasteiger charge is -2.33. The van der Waals surface area contributed by atoms with Crippen LogP contribution in [0.5, 0.6) is 0 Å². The smallest absolute Gasteiger partial charge is 0.191 e. The summed E-state index contributed by atoms with van der Waals surface area (Å²) >= 11 is 0. The molecule has 0 saturated carbocycles. The molecule has 0 bridgehead atoms. The summed E-state index contributed by atoms with van der Waals surface area (Å²) in [6, 6.07) is 10.4. The van der Waals surface area contributed by atoms with Gasteiger partial charge in [0.15, 0.2) is 5.96 Å². The van der Waals surface area contributed by atoms with Crippen LogP contribution in [0.15, 0.2) is 52.2 Å². The van der Waals surface area contributed by atoms with Gasteiger partial charge in [-0.15, -0.1) is 24.0 Å². The predicted octanol–water partition coefficient (Wildman–Crippen LogP) is 3.22. The molecule has 0 aromatic carbocycles. The molecule has 2 saturated heterocycles. The minimum Gasteiger partial charge on any atom is -0.469 e. The molecule has 2 N–H and O–H groups in total. The first kappa shape index (κ1) is 22.9. The Morgan fingerprint density at radius 2 is 2.07 bits per heavy atom. The van der Waals surface area contributed by atoms with E-state index in [4.69, 9.17) is 14.1 Å². The lowest BCUT2D eigenvalue weighted by Crippen LogP contribution is -2.49. The van der Waals surface area contributed by atoms with Gasteiger partial charge in [0.25, 0.3) is 0 Å². The Morgan fingerprint density at radius 3 is 2.77 bits per heavy atom. The molecule has 0 radical (unpaired) electrons. The second-order valence-corrected chi connectivity index (χ2v) is 7.67. The van der Waals surface area contributed by atoms with Gasteiger partial charge in [-0.2, -0.15) is 0 Å². The SMILES string of the molecule is I.c1ccc(N2CCC(NC(=NCC3CCCO3)NCCc3ccco3)CC2)nc1. The van der Waals surface area contributed by atoms with Crippen LogP contribution in [-0.4, -0.2) is 55.9 Å². The number of aliphatic imine (C=N–C) groups is 1. The van der Waals surface area contributed by atoms with E-state index < -0.39 is 0 Å². The van der Waals surface area contributed by atoms with E-state index in [1.165, 1.54) is 0 Å². The van der Waals surface area contributed by atoms with E-state index in [9.17, 15) is 0 Å². The monoisotopic (exact) mass is 525 g/mol. The van der Waals surface area contributed by atoms with Crippen LogP contribution in [0, 0.1) is 0 Å². The molecule has 2 aliphatic heterocycles. The van der Waals surface area contributed by atoms with Crippen molar-refractivity contribution < 1.29 is 9.15 Å². The molecule has 2 aliphatic rings. The second-order valence-electron chi connectivity index (χ2n) is 7.67. The highest BCUT2D eigenvalue weighted by molar-refractivity contribution is 14.0. The summed E-state index contributed by atoms with van der Waals surface area (Å²) in [7, 11) is 0. The van der Waals surface area contributed by atoms with Crippen LogP contribution >= 0.6 is 24.0 Å². The van der Waals surface area contributed by atoms with Crippen molar-refractivity contribution in [2.45, 2.75) is 44.2 Å². The zero-order chi connectivity index (χ0) is 19.7. The third kappa shape index (κ3) is 6.87. The number of rotatable bonds is 7. The van der Waals surface area contributed by atoms with Gasteiger partial charge in [0.2, 0.25) is 0 Å². The van der Waals surface area contributed by atoms with E-state index >= 15 is 0 Å². The van der Waals surface area contributed by atoms with Gasteiger partial charge < -0.3 is 24.7 Å². The molecule has 1 unspecified atom stereocenters. The first-order valence-corrected chi connectivity index (χ1v) is 10.7. The number of anilines is 1. The van der Waals surface area contributed by atoms with E-state index in [0.717, 1.165) is 75.9 Å². The van der Waals surface area contributed by atoms with Crippen LogP contribution in [0.3, 0.4) is 0 Å². The van der Waals surface area contributed by atoms with E-state index in [1.54, 1.807) is 6.26 Å². The van der Waals surface area contributed by atoms with Crippen molar-refractivity contribution in [2.75, 3.05) is 37.7 Å². The topological polar surface area (TPSA) is 74.9 Å². The number of aromatic nitrogens is 1. The van der Waals surface area contributed by atoms with Crippen LogP contribution in [0.2, 0.25) is 0 Å². The van der Waals surface area contributed by atoms with E-state index in [-0.39, 0.29) is 30.1 Å². The second kappa shape index (κ2) is 12.1. The molecule has 2 aromatic heterocycles. The molecular formula is C22H32IN5O2. The standard InChI is InChI=1S/C22H31N5O2.HI/c1-2-11-23-21(7-1)27-13-9-18(10-14-27)26-22(25-17-20-6-4-16-29-20)24-12-8-19-5-3-15-28-19;/h1-3,5,7,11,15,18,20H,4,6,8-10,12-14,16-17H2,(H2,24,25,26);1H. The van der Waals surface area contributed by atoms with Crippen LogP contribution in [0.1, 0.15) is 31.4 Å². The number of nitrogens with one attached hydrogen (secondary N) is 2. The highest BCUT2D eigenvalue weighted by atomic mass is 127. The normalized spacial score (nSPS) is 20.1. The molecule has 30 heavy (non-hydrogen) atoms. The van der Waals surface area contributed by atoms with Gasteiger partial charge in [-0.25, -0.2) is 4.98 Å². The molecule has 2 aromatic rings. The van der Waals surface area contributed by atoms with Crippen molar-refractivity contribution in [3.63, 3.8) is 0 Å². The number of ether oxygens (including phenoxy) is 1. The first-order valence-electron chi connectivity index (χ1n) is 10.7. The summed E-state index contributed by atoms with van der Waals surface area (Å²) in [5.41, 5.74) is 0. The molecule has 0 spiro atoms. The third-order valence-corrected chi connectivity index (χ3v) is 5.53. The van der Waals surface area contributed by atoms with Gasteiger partial charge in [-0.05, 0) is 49.9 Å². The van der Waals surface area contributed by atoms with Gasteiger partial charge in [0, 0.05) is 44.9 Å². The third-order valence-electron chi connectivity index (χ3n) is 5.53. The molecule has 0 amide bonds. The zero-order valence-electron chi connectivity index (χ0n) is 17.3. The number of halogens is 1. The van der Waals surface area contributed by atoms with E-state index in [1.807, 2.05) is 30.5 Å². The van der Waals surface area contributed by atoms with E-state index in [0.29, 0.717) is 12.6 Å². The van der Waals surface area contributed by atoms with Gasteiger partial charge >= 0.3 is 0 Å². The quantitative estimate of drug-likeness (QED) is 0.329. The summed E-state index contributed by atoms with van der Waals surface area (Å²) in [5, 5.41) is 7.11. The molecule has 0 aliphatic carbocycles. The van der Waals surface area contributed by atoms with Crippen LogP contribution in [-0.2, 0) is 11.2 Å². The number of hydrogen-bond acceptors (Lipinski definition) is 5. The Morgan fingerprint density at radius 1 is 1.17 bits per heavy atom. The van der Waals surface area contributed by atoms with Crippen molar-refractivity contribution in [1.82, 2.24) is 15.6 Å². The molecule has 1 atom stereocenters. The lowest BCUT2D eigenvalue weighted by atomic mass is 10.1.